The molecule has 5 heterocycles. The van der Waals surface area contributed by atoms with Gasteiger partial charge in [0.15, 0.2) is 0 Å². The van der Waals surface area contributed by atoms with E-state index in [9.17, 15) is 4.79 Å². The van der Waals surface area contributed by atoms with E-state index >= 15 is 0 Å². The molecule has 0 saturated carbocycles. The number of terminal acetylenes is 1. The van der Waals surface area contributed by atoms with Gasteiger partial charge < -0.3 is 9.30 Å². The molecule has 3 aliphatic rings. The van der Waals surface area contributed by atoms with E-state index in [1.165, 1.54) is 0 Å². The third kappa shape index (κ3) is 2.10. The fraction of sp³-hybridized carbons (Fsp3) is 0.389. The van der Waals surface area contributed by atoms with Gasteiger partial charge in [-0.2, -0.15) is 0 Å². The van der Waals surface area contributed by atoms with Gasteiger partial charge in [-0.15, -0.1) is 0 Å². The number of carbonyl (C=O) groups is 1. The van der Waals surface area contributed by atoms with Gasteiger partial charge in [0.1, 0.15) is 0 Å². The van der Waals surface area contributed by atoms with E-state index < -0.39 is 0 Å². The van der Waals surface area contributed by atoms with Crippen molar-refractivity contribution in [3.05, 3.63) is 42.2 Å². The molecule has 2 aromatic heterocycles. The predicted octanol–water partition coefficient (Wildman–Crippen LogP) is 2.07. The normalized spacial score (nSPS) is 26.8. The van der Waals surface area contributed by atoms with E-state index in [1.807, 2.05) is 41.1 Å². The van der Waals surface area contributed by atoms with Crippen molar-refractivity contribution in [2.75, 3.05) is 19.6 Å². The number of hydrogen-bond acceptors (Lipinski definition) is 2. The van der Waals surface area contributed by atoms with Gasteiger partial charge in [0.25, 0.3) is 5.91 Å². The highest BCUT2D eigenvalue weighted by atomic mass is 16.2. The number of rotatable bonds is 2. The van der Waals surface area contributed by atoms with Crippen LogP contribution in [0.25, 0.3) is 5.52 Å². The lowest BCUT2D eigenvalue weighted by Crippen LogP contribution is -2.57. The van der Waals surface area contributed by atoms with Gasteiger partial charge in [-0.25, -0.2) is 0 Å². The number of fused-ring (bicyclic) bond motifs is 4. The Morgan fingerprint density at radius 2 is 2.09 bits per heavy atom. The maximum absolute atomic E-state index is 12.9. The Bertz CT molecular complexity index is 749. The average Bonchev–Trinajstić information content (AvgIpc) is 3.04. The largest absolute Gasteiger partial charge is 0.323 e. The standard InChI is InChI=1S/C18H19N3O/c1-2-21(17-13-19-10-7-14(17)8-11-19)18(22)15-5-6-16-4-3-9-20(16)12-15/h1,3-6,9,12,14,17H,7-8,10-11,13H2/t17-/m0/s1. The molecule has 0 N–H and O–H groups in total. The topological polar surface area (TPSA) is 28.0 Å². The van der Waals surface area contributed by atoms with E-state index in [0.29, 0.717) is 11.5 Å². The third-order valence-corrected chi connectivity index (χ3v) is 5.08. The lowest BCUT2D eigenvalue weighted by molar-refractivity contribution is 0.0262. The smallest absolute Gasteiger partial charge is 0.267 e. The molecule has 4 nitrogen and oxygen atoms in total. The highest BCUT2D eigenvalue weighted by Crippen LogP contribution is 2.31. The monoisotopic (exact) mass is 293 g/mol. The van der Waals surface area contributed by atoms with Crippen LogP contribution in [0.3, 0.4) is 0 Å². The Morgan fingerprint density at radius 3 is 2.77 bits per heavy atom. The summed E-state index contributed by atoms with van der Waals surface area (Å²) in [5.41, 5.74) is 1.73. The Morgan fingerprint density at radius 1 is 1.27 bits per heavy atom. The van der Waals surface area contributed by atoms with Crippen LogP contribution in [0.1, 0.15) is 23.2 Å². The van der Waals surface area contributed by atoms with Crippen molar-refractivity contribution in [1.82, 2.24) is 14.2 Å². The highest BCUT2D eigenvalue weighted by Gasteiger charge is 2.39. The van der Waals surface area contributed by atoms with Crippen LogP contribution in [0.5, 0.6) is 0 Å². The summed E-state index contributed by atoms with van der Waals surface area (Å²) in [4.78, 5) is 16.9. The molecule has 2 bridgehead atoms. The summed E-state index contributed by atoms with van der Waals surface area (Å²) in [6.07, 6.45) is 11.8. The van der Waals surface area contributed by atoms with Gasteiger partial charge in [0, 0.05) is 30.5 Å². The molecule has 3 fully saturated rings. The van der Waals surface area contributed by atoms with Crippen molar-refractivity contribution in [3.63, 3.8) is 0 Å². The first kappa shape index (κ1) is 13.4. The molecule has 0 radical (unpaired) electrons. The van der Waals surface area contributed by atoms with Crippen molar-refractivity contribution in [1.29, 1.82) is 0 Å². The highest BCUT2D eigenvalue weighted by molar-refractivity contribution is 5.95. The maximum Gasteiger partial charge on any atom is 0.267 e. The van der Waals surface area contributed by atoms with Crippen molar-refractivity contribution < 1.29 is 4.79 Å². The van der Waals surface area contributed by atoms with Gasteiger partial charge in [0.05, 0.1) is 11.6 Å². The quantitative estimate of drug-likeness (QED) is 0.626. The Kier molecular flexibility index (Phi) is 3.16. The van der Waals surface area contributed by atoms with Crippen LogP contribution in [0.4, 0.5) is 0 Å². The molecule has 0 aliphatic carbocycles. The van der Waals surface area contributed by atoms with Crippen molar-refractivity contribution in [2.24, 2.45) is 5.92 Å². The molecule has 112 valence electrons. The summed E-state index contributed by atoms with van der Waals surface area (Å²) in [5, 5.41) is 0. The molecule has 1 atom stereocenters. The van der Waals surface area contributed by atoms with Gasteiger partial charge in [-0.05, 0) is 56.1 Å². The molecule has 0 unspecified atom stereocenters. The molecule has 3 aliphatic heterocycles. The minimum absolute atomic E-state index is 0.0585. The summed E-state index contributed by atoms with van der Waals surface area (Å²) in [6, 6.07) is 10.6. The van der Waals surface area contributed by atoms with Gasteiger partial charge >= 0.3 is 0 Å². The molecule has 0 spiro atoms. The molecule has 2 aromatic rings. The van der Waals surface area contributed by atoms with Crippen molar-refractivity contribution in [3.8, 4) is 12.5 Å². The average molecular weight is 293 g/mol. The fourth-order valence-corrected chi connectivity index (χ4v) is 3.83. The molecule has 4 heteroatoms. The van der Waals surface area contributed by atoms with Gasteiger partial charge in [0.2, 0.25) is 0 Å². The summed E-state index contributed by atoms with van der Waals surface area (Å²) in [5.74, 6) is 0.483. The number of amides is 1. The zero-order valence-electron chi connectivity index (χ0n) is 12.5. The molecule has 1 amide bonds. The van der Waals surface area contributed by atoms with Gasteiger partial charge in [-0.3, -0.25) is 9.69 Å². The minimum atomic E-state index is -0.0585. The Labute approximate surface area is 130 Å². The number of piperidine rings is 3. The second-order valence-electron chi connectivity index (χ2n) is 6.27. The zero-order valence-corrected chi connectivity index (χ0v) is 12.5. The van der Waals surface area contributed by atoms with E-state index in [4.69, 9.17) is 6.42 Å². The van der Waals surface area contributed by atoms with E-state index in [0.717, 1.165) is 38.0 Å². The lowest BCUT2D eigenvalue weighted by Gasteiger charge is -2.47. The molecule has 22 heavy (non-hydrogen) atoms. The van der Waals surface area contributed by atoms with Crippen LogP contribution in [-0.4, -0.2) is 45.8 Å². The number of hydrogen-bond donors (Lipinski definition) is 0. The van der Waals surface area contributed by atoms with E-state index in [-0.39, 0.29) is 11.9 Å². The molecule has 0 aromatic carbocycles. The SMILES string of the molecule is C#CN(C(=O)c1ccc2cccn2c1)[C@H]1CN2CCC1CC2. The van der Waals surface area contributed by atoms with Crippen LogP contribution >= 0.6 is 0 Å². The number of carbonyl (C=O) groups excluding carboxylic acids is 1. The number of aromatic nitrogens is 1. The van der Waals surface area contributed by atoms with Crippen molar-refractivity contribution in [2.45, 2.75) is 18.9 Å². The third-order valence-electron chi connectivity index (χ3n) is 5.08. The summed E-state index contributed by atoms with van der Waals surface area (Å²) in [6.45, 7) is 3.19. The number of pyridine rings is 1. The van der Waals surface area contributed by atoms with Crippen molar-refractivity contribution >= 4 is 11.4 Å². The summed E-state index contributed by atoms with van der Waals surface area (Å²) >= 11 is 0. The van der Waals surface area contributed by atoms with E-state index in [2.05, 4.69) is 10.9 Å². The molecule has 3 saturated heterocycles. The molecule has 5 rings (SSSR count). The minimum Gasteiger partial charge on any atom is -0.323 e. The van der Waals surface area contributed by atoms with Gasteiger partial charge in [-0.1, -0.05) is 6.42 Å². The number of nitrogens with zero attached hydrogens (tertiary/aromatic N) is 3. The second kappa shape index (κ2) is 5.19. The Balaban J connectivity index is 1.63. The van der Waals surface area contributed by atoms with E-state index in [1.54, 1.807) is 4.90 Å². The predicted molar refractivity (Wildman–Crippen MR) is 85.4 cm³/mol. The summed E-state index contributed by atoms with van der Waals surface area (Å²) in [7, 11) is 0. The summed E-state index contributed by atoms with van der Waals surface area (Å²) < 4.78 is 1.96. The van der Waals surface area contributed by atoms with Crippen LogP contribution in [-0.2, 0) is 0 Å². The van der Waals surface area contributed by atoms with Crippen LogP contribution < -0.4 is 0 Å². The maximum atomic E-state index is 12.9. The fourth-order valence-electron chi connectivity index (χ4n) is 3.83. The first-order chi connectivity index (χ1) is 10.8. The Hall–Kier alpha value is -2.25. The second-order valence-corrected chi connectivity index (χ2v) is 6.27. The van der Waals surface area contributed by atoms with Crippen LogP contribution in [0, 0.1) is 18.4 Å². The van der Waals surface area contributed by atoms with Crippen LogP contribution in [0.2, 0.25) is 0 Å². The van der Waals surface area contributed by atoms with Crippen LogP contribution in [0.15, 0.2) is 36.7 Å². The molecular weight excluding hydrogens is 274 g/mol. The molecular formula is C18H19N3O. The first-order valence-electron chi connectivity index (χ1n) is 7.85. The lowest BCUT2D eigenvalue weighted by atomic mass is 9.83. The first-order valence-corrected chi connectivity index (χ1v) is 7.85. The zero-order chi connectivity index (χ0) is 15.1.